The Morgan fingerprint density at radius 2 is 1.92 bits per heavy atom. The maximum atomic E-state index is 12.5. The molecule has 6 heteroatoms. The van der Waals surface area contributed by atoms with E-state index in [1.54, 1.807) is 12.1 Å². The third-order valence-electron chi connectivity index (χ3n) is 3.02. The Hall–Kier alpha value is -1.92. The maximum Gasteiger partial charge on any atom is 0.261 e. The van der Waals surface area contributed by atoms with E-state index in [2.05, 4.69) is 40.4 Å². The van der Waals surface area contributed by atoms with Crippen LogP contribution in [0.5, 0.6) is 5.75 Å². The average molecular weight is 407 g/mol. The fourth-order valence-electron chi connectivity index (χ4n) is 1.92. The summed E-state index contributed by atoms with van der Waals surface area (Å²) in [7, 11) is 0. The number of thiocarbonyl (C=S) groups is 1. The first-order valence-electron chi connectivity index (χ1n) is 7.55. The van der Waals surface area contributed by atoms with Crippen LogP contribution < -0.4 is 15.4 Å². The number of para-hydroxylation sites is 1. The van der Waals surface area contributed by atoms with Crippen molar-refractivity contribution in [1.82, 2.24) is 5.32 Å². The number of benzene rings is 2. The van der Waals surface area contributed by atoms with E-state index in [0.717, 1.165) is 10.2 Å². The normalized spacial score (nSPS) is 10.3. The molecule has 0 heterocycles. The second-order valence-electron chi connectivity index (χ2n) is 5.62. The summed E-state index contributed by atoms with van der Waals surface area (Å²) in [5, 5.41) is 5.89. The first kappa shape index (κ1) is 18.4. The number of rotatable bonds is 5. The van der Waals surface area contributed by atoms with Crippen LogP contribution in [-0.2, 0) is 0 Å². The van der Waals surface area contributed by atoms with E-state index in [1.807, 2.05) is 36.4 Å². The zero-order valence-corrected chi connectivity index (χ0v) is 15.9. The molecule has 0 spiro atoms. The lowest BCUT2D eigenvalue weighted by molar-refractivity contribution is 0.0973. The molecule has 0 atom stereocenters. The molecule has 2 rings (SSSR count). The van der Waals surface area contributed by atoms with Gasteiger partial charge in [0.25, 0.3) is 5.91 Å². The standard InChI is InChI=1S/C18H19BrN2O2S/c1-12(2)11-23-16-9-8-13(19)10-15(16)17(22)21-18(24)20-14-6-4-3-5-7-14/h3-10,12H,11H2,1-2H3,(H2,20,21,22,24). The minimum Gasteiger partial charge on any atom is -0.492 e. The van der Waals surface area contributed by atoms with Gasteiger partial charge in [-0.3, -0.25) is 10.1 Å². The Kier molecular flexibility index (Phi) is 6.75. The zero-order valence-electron chi connectivity index (χ0n) is 13.5. The second kappa shape index (κ2) is 8.80. The molecule has 0 aliphatic heterocycles. The smallest absolute Gasteiger partial charge is 0.261 e. The molecule has 2 N–H and O–H groups in total. The van der Waals surface area contributed by atoms with Gasteiger partial charge in [-0.15, -0.1) is 0 Å². The predicted molar refractivity (Wildman–Crippen MR) is 105 cm³/mol. The second-order valence-corrected chi connectivity index (χ2v) is 6.94. The molecular weight excluding hydrogens is 388 g/mol. The molecular formula is C18H19BrN2O2S. The Morgan fingerprint density at radius 3 is 2.58 bits per heavy atom. The summed E-state index contributed by atoms with van der Waals surface area (Å²) in [6, 6.07) is 14.8. The van der Waals surface area contributed by atoms with E-state index in [4.69, 9.17) is 17.0 Å². The Morgan fingerprint density at radius 1 is 1.21 bits per heavy atom. The number of hydrogen-bond donors (Lipinski definition) is 2. The van der Waals surface area contributed by atoms with Gasteiger partial charge in [-0.25, -0.2) is 0 Å². The summed E-state index contributed by atoms with van der Waals surface area (Å²) in [6.07, 6.45) is 0. The van der Waals surface area contributed by atoms with E-state index in [1.165, 1.54) is 0 Å². The Bertz CT molecular complexity index is 720. The zero-order chi connectivity index (χ0) is 17.5. The van der Waals surface area contributed by atoms with Crippen molar-refractivity contribution in [1.29, 1.82) is 0 Å². The highest BCUT2D eigenvalue weighted by molar-refractivity contribution is 9.10. The molecule has 0 saturated carbocycles. The molecule has 0 aromatic heterocycles. The van der Waals surface area contributed by atoms with Gasteiger partial charge in [-0.2, -0.15) is 0 Å². The molecule has 2 aromatic rings. The molecule has 0 unspecified atom stereocenters. The Balaban J connectivity index is 2.08. The minimum absolute atomic E-state index is 0.237. The van der Waals surface area contributed by atoms with Crippen LogP contribution in [0.2, 0.25) is 0 Å². The van der Waals surface area contributed by atoms with Gasteiger partial charge >= 0.3 is 0 Å². The van der Waals surface area contributed by atoms with E-state index >= 15 is 0 Å². The average Bonchev–Trinajstić information content (AvgIpc) is 2.54. The van der Waals surface area contributed by atoms with E-state index in [-0.39, 0.29) is 11.0 Å². The van der Waals surface area contributed by atoms with Crippen molar-refractivity contribution in [3.05, 3.63) is 58.6 Å². The summed E-state index contributed by atoms with van der Waals surface area (Å²) in [4.78, 5) is 12.5. The highest BCUT2D eigenvalue weighted by atomic mass is 79.9. The van der Waals surface area contributed by atoms with Crippen LogP contribution in [0, 0.1) is 5.92 Å². The van der Waals surface area contributed by atoms with Gasteiger partial charge in [0, 0.05) is 10.2 Å². The SMILES string of the molecule is CC(C)COc1ccc(Br)cc1C(=O)NC(=S)Nc1ccccc1. The van der Waals surface area contributed by atoms with Crippen molar-refractivity contribution in [3.8, 4) is 5.75 Å². The van der Waals surface area contributed by atoms with Crippen LogP contribution in [0.15, 0.2) is 53.0 Å². The number of carbonyl (C=O) groups is 1. The van der Waals surface area contributed by atoms with E-state index in [0.29, 0.717) is 23.8 Å². The van der Waals surface area contributed by atoms with Crippen molar-refractivity contribution < 1.29 is 9.53 Å². The molecule has 4 nitrogen and oxygen atoms in total. The van der Waals surface area contributed by atoms with Crippen molar-refractivity contribution in [2.24, 2.45) is 5.92 Å². The number of ether oxygens (including phenoxy) is 1. The van der Waals surface area contributed by atoms with Crippen molar-refractivity contribution >= 4 is 44.9 Å². The number of nitrogens with one attached hydrogen (secondary N) is 2. The monoisotopic (exact) mass is 406 g/mol. The van der Waals surface area contributed by atoms with Crippen LogP contribution in [0.4, 0.5) is 5.69 Å². The van der Waals surface area contributed by atoms with Gasteiger partial charge in [0.05, 0.1) is 12.2 Å². The fraction of sp³-hybridized carbons (Fsp3) is 0.222. The molecule has 1 amide bonds. The lowest BCUT2D eigenvalue weighted by Gasteiger charge is -2.14. The molecule has 0 fully saturated rings. The minimum atomic E-state index is -0.316. The topological polar surface area (TPSA) is 50.4 Å². The predicted octanol–water partition coefficient (Wildman–Crippen LogP) is 4.61. The van der Waals surface area contributed by atoms with Crippen LogP contribution in [0.25, 0.3) is 0 Å². The van der Waals surface area contributed by atoms with Crippen LogP contribution in [-0.4, -0.2) is 17.6 Å². The highest BCUT2D eigenvalue weighted by Crippen LogP contribution is 2.24. The first-order valence-corrected chi connectivity index (χ1v) is 8.75. The van der Waals surface area contributed by atoms with Crippen LogP contribution >= 0.6 is 28.1 Å². The maximum absolute atomic E-state index is 12.5. The number of halogens is 1. The highest BCUT2D eigenvalue weighted by Gasteiger charge is 2.15. The third kappa shape index (κ3) is 5.62. The number of carbonyl (C=O) groups excluding carboxylic acids is 1. The van der Waals surface area contributed by atoms with Gasteiger partial charge in [0.15, 0.2) is 5.11 Å². The van der Waals surface area contributed by atoms with Crippen LogP contribution in [0.3, 0.4) is 0 Å². The lowest BCUT2D eigenvalue weighted by atomic mass is 10.2. The van der Waals surface area contributed by atoms with Gasteiger partial charge in [-0.05, 0) is 48.5 Å². The molecule has 0 bridgehead atoms. The summed E-state index contributed by atoms with van der Waals surface area (Å²) >= 11 is 8.58. The van der Waals surface area contributed by atoms with Crippen molar-refractivity contribution in [2.75, 3.05) is 11.9 Å². The summed E-state index contributed by atoms with van der Waals surface area (Å²) < 4.78 is 6.53. The lowest BCUT2D eigenvalue weighted by Crippen LogP contribution is -2.34. The molecule has 0 saturated heterocycles. The Labute approximate surface area is 155 Å². The van der Waals surface area contributed by atoms with Crippen molar-refractivity contribution in [2.45, 2.75) is 13.8 Å². The number of amides is 1. The largest absolute Gasteiger partial charge is 0.492 e. The molecule has 24 heavy (non-hydrogen) atoms. The van der Waals surface area contributed by atoms with E-state index < -0.39 is 0 Å². The summed E-state index contributed by atoms with van der Waals surface area (Å²) in [6.45, 7) is 4.64. The quantitative estimate of drug-likeness (QED) is 0.711. The fourth-order valence-corrected chi connectivity index (χ4v) is 2.49. The van der Waals surface area contributed by atoms with Gasteiger partial charge in [0.2, 0.25) is 0 Å². The molecule has 0 aliphatic rings. The summed E-state index contributed by atoms with van der Waals surface area (Å²) in [5.41, 5.74) is 1.25. The molecule has 2 aromatic carbocycles. The molecule has 0 radical (unpaired) electrons. The molecule has 0 aliphatic carbocycles. The first-order chi connectivity index (χ1) is 11.5. The molecule has 126 valence electrons. The number of hydrogen-bond acceptors (Lipinski definition) is 3. The van der Waals surface area contributed by atoms with Gasteiger partial charge in [0.1, 0.15) is 5.75 Å². The van der Waals surface area contributed by atoms with Gasteiger partial charge in [-0.1, -0.05) is 48.0 Å². The van der Waals surface area contributed by atoms with Crippen molar-refractivity contribution in [3.63, 3.8) is 0 Å². The van der Waals surface area contributed by atoms with Crippen LogP contribution in [0.1, 0.15) is 24.2 Å². The number of anilines is 1. The van der Waals surface area contributed by atoms with Gasteiger partial charge < -0.3 is 10.1 Å². The summed E-state index contributed by atoms with van der Waals surface area (Å²) in [5.74, 6) is 0.584. The van der Waals surface area contributed by atoms with E-state index in [9.17, 15) is 4.79 Å². The third-order valence-corrected chi connectivity index (χ3v) is 3.71.